The Bertz CT molecular complexity index is 1100. The van der Waals surface area contributed by atoms with Gasteiger partial charge in [0.1, 0.15) is 5.92 Å². The summed E-state index contributed by atoms with van der Waals surface area (Å²) in [5, 5.41) is 21.8. The molecule has 0 bridgehead atoms. The molecule has 2 unspecified atom stereocenters. The lowest BCUT2D eigenvalue weighted by molar-refractivity contribution is -0.387. The van der Waals surface area contributed by atoms with E-state index >= 15 is 0 Å². The molecule has 0 spiro atoms. The molecule has 180 valence electrons. The normalized spacial score (nSPS) is 18.3. The van der Waals surface area contributed by atoms with Crippen LogP contribution in [0.25, 0.3) is 6.08 Å². The average Bonchev–Trinajstić information content (AvgIpc) is 2.83. The van der Waals surface area contributed by atoms with Crippen molar-refractivity contribution < 1.29 is 24.4 Å². The summed E-state index contributed by atoms with van der Waals surface area (Å²) in [5.74, 6) is -1.41. The molecule has 2 aromatic carbocycles. The number of piperidine rings is 1. The maximum absolute atomic E-state index is 12.6. The van der Waals surface area contributed by atoms with E-state index in [4.69, 9.17) is 4.74 Å². The number of carbonyl (C=O) groups is 2. The molecule has 1 N–H and O–H groups in total. The molecule has 1 fully saturated rings. The molecule has 1 amide bonds. The zero-order chi connectivity index (χ0) is 24.8. The van der Waals surface area contributed by atoms with Crippen molar-refractivity contribution in [2.45, 2.75) is 42.1 Å². The fourth-order valence-electron chi connectivity index (χ4n) is 3.83. The Labute approximate surface area is 202 Å². The van der Waals surface area contributed by atoms with Crippen molar-refractivity contribution in [3.63, 3.8) is 0 Å². The number of nitro benzene ring substituents is 1. The van der Waals surface area contributed by atoms with Crippen molar-refractivity contribution in [3.05, 3.63) is 69.8 Å². The number of hydrogen-bond acceptors (Lipinski definition) is 7. The van der Waals surface area contributed by atoms with E-state index in [0.717, 1.165) is 10.5 Å². The van der Waals surface area contributed by atoms with Crippen LogP contribution in [-0.4, -0.2) is 53.1 Å². The highest BCUT2D eigenvalue weighted by Gasteiger charge is 2.35. The van der Waals surface area contributed by atoms with Gasteiger partial charge in [0.15, 0.2) is 0 Å². The molecule has 8 nitrogen and oxygen atoms in total. The monoisotopic (exact) mass is 484 g/mol. The predicted octanol–water partition coefficient (Wildman–Crippen LogP) is 4.27. The summed E-state index contributed by atoms with van der Waals surface area (Å²) in [6, 6.07) is 12.7. The van der Waals surface area contributed by atoms with E-state index in [-0.39, 0.29) is 30.5 Å². The van der Waals surface area contributed by atoms with Crippen molar-refractivity contribution in [3.8, 4) is 0 Å². The number of amides is 1. The quantitative estimate of drug-likeness (QED) is 0.270. The van der Waals surface area contributed by atoms with Crippen LogP contribution >= 0.6 is 11.8 Å². The van der Waals surface area contributed by atoms with E-state index in [1.807, 2.05) is 24.3 Å². The number of ether oxygens (including phenoxy) is 1. The SMILES string of the molecule is COC(=O)C1CN(C(=O)C=Cc2ccc(Sc3ccccc3C(C)C)c([N+](=O)[O-])c2)CCC1O. The van der Waals surface area contributed by atoms with E-state index in [1.165, 1.54) is 42.0 Å². The maximum Gasteiger partial charge on any atom is 0.313 e. The number of methoxy groups -OCH3 is 1. The van der Waals surface area contributed by atoms with Crippen LogP contribution < -0.4 is 0 Å². The van der Waals surface area contributed by atoms with Gasteiger partial charge in [-0.05, 0) is 41.7 Å². The molecule has 2 atom stereocenters. The highest BCUT2D eigenvalue weighted by molar-refractivity contribution is 7.99. The van der Waals surface area contributed by atoms with Gasteiger partial charge in [0.25, 0.3) is 5.69 Å². The van der Waals surface area contributed by atoms with Gasteiger partial charge >= 0.3 is 5.97 Å². The molecular formula is C25H28N2O6S. The first kappa shape index (κ1) is 25.5. The van der Waals surface area contributed by atoms with E-state index in [1.54, 1.807) is 12.1 Å². The number of esters is 1. The molecule has 2 aromatic rings. The number of benzene rings is 2. The Morgan fingerprint density at radius 2 is 1.97 bits per heavy atom. The van der Waals surface area contributed by atoms with Crippen LogP contribution in [0.3, 0.4) is 0 Å². The van der Waals surface area contributed by atoms with Crippen molar-refractivity contribution in [1.29, 1.82) is 0 Å². The zero-order valence-electron chi connectivity index (χ0n) is 19.3. The van der Waals surface area contributed by atoms with Gasteiger partial charge in [-0.1, -0.05) is 49.9 Å². The van der Waals surface area contributed by atoms with Crippen LogP contribution in [0.4, 0.5) is 5.69 Å². The third-order valence-corrected chi connectivity index (χ3v) is 6.91. The molecule has 0 radical (unpaired) electrons. The van der Waals surface area contributed by atoms with Crippen LogP contribution in [-0.2, 0) is 14.3 Å². The molecule has 1 aliphatic heterocycles. The average molecular weight is 485 g/mol. The number of aliphatic hydroxyl groups is 1. The van der Waals surface area contributed by atoms with Crippen LogP contribution in [0.5, 0.6) is 0 Å². The summed E-state index contributed by atoms with van der Waals surface area (Å²) in [6.45, 7) is 4.52. The van der Waals surface area contributed by atoms with Crippen molar-refractivity contribution in [1.82, 2.24) is 4.90 Å². The summed E-state index contributed by atoms with van der Waals surface area (Å²) in [7, 11) is 1.24. The number of carbonyl (C=O) groups excluding carboxylic acids is 2. The minimum absolute atomic E-state index is 0.0370. The van der Waals surface area contributed by atoms with Crippen LogP contribution in [0.15, 0.2) is 58.3 Å². The molecule has 1 saturated heterocycles. The van der Waals surface area contributed by atoms with E-state index in [9.17, 15) is 24.8 Å². The topological polar surface area (TPSA) is 110 Å². The molecule has 0 saturated carbocycles. The van der Waals surface area contributed by atoms with Gasteiger partial charge in [-0.15, -0.1) is 0 Å². The molecule has 3 rings (SSSR count). The lowest BCUT2D eigenvalue weighted by Crippen LogP contribution is -2.48. The van der Waals surface area contributed by atoms with Crippen LogP contribution in [0.1, 0.15) is 37.3 Å². The van der Waals surface area contributed by atoms with Gasteiger partial charge in [0.2, 0.25) is 5.91 Å². The van der Waals surface area contributed by atoms with Crippen LogP contribution in [0.2, 0.25) is 0 Å². The number of hydrogen-bond donors (Lipinski definition) is 1. The van der Waals surface area contributed by atoms with Gasteiger partial charge in [-0.2, -0.15) is 0 Å². The molecule has 1 heterocycles. The molecule has 0 aromatic heterocycles. The first-order chi connectivity index (χ1) is 16.2. The van der Waals surface area contributed by atoms with Crippen molar-refractivity contribution in [2.75, 3.05) is 20.2 Å². The summed E-state index contributed by atoms with van der Waals surface area (Å²) in [5.41, 5.74) is 1.60. The van der Waals surface area contributed by atoms with Gasteiger partial charge in [-0.25, -0.2) is 0 Å². The van der Waals surface area contributed by atoms with Crippen molar-refractivity contribution >= 4 is 35.4 Å². The number of nitrogens with zero attached hydrogens (tertiary/aromatic N) is 2. The second-order valence-corrected chi connectivity index (χ2v) is 9.47. The predicted molar refractivity (Wildman–Crippen MR) is 129 cm³/mol. The van der Waals surface area contributed by atoms with Gasteiger partial charge in [-0.3, -0.25) is 19.7 Å². The first-order valence-electron chi connectivity index (χ1n) is 11.0. The Morgan fingerprint density at radius 3 is 2.65 bits per heavy atom. The smallest absolute Gasteiger partial charge is 0.313 e. The number of aliphatic hydroxyl groups excluding tert-OH is 1. The minimum atomic E-state index is -0.853. The lowest BCUT2D eigenvalue weighted by atomic mass is 9.94. The maximum atomic E-state index is 12.6. The Hall–Kier alpha value is -3.17. The largest absolute Gasteiger partial charge is 0.469 e. The second-order valence-electron chi connectivity index (χ2n) is 8.38. The van der Waals surface area contributed by atoms with Crippen molar-refractivity contribution in [2.24, 2.45) is 5.92 Å². The zero-order valence-corrected chi connectivity index (χ0v) is 20.2. The minimum Gasteiger partial charge on any atom is -0.469 e. The molecule has 1 aliphatic rings. The fourth-order valence-corrected chi connectivity index (χ4v) is 5.01. The van der Waals surface area contributed by atoms with E-state index in [2.05, 4.69) is 13.8 Å². The Morgan fingerprint density at radius 1 is 1.24 bits per heavy atom. The Kier molecular flexibility index (Phi) is 8.46. The summed E-state index contributed by atoms with van der Waals surface area (Å²) >= 11 is 1.35. The summed E-state index contributed by atoms with van der Waals surface area (Å²) in [4.78, 5) is 38.8. The number of nitro groups is 1. The number of rotatable bonds is 7. The van der Waals surface area contributed by atoms with Gasteiger partial charge in [0.05, 0.1) is 23.0 Å². The highest BCUT2D eigenvalue weighted by Crippen LogP contribution is 2.39. The van der Waals surface area contributed by atoms with E-state index < -0.39 is 22.9 Å². The molecule has 0 aliphatic carbocycles. The van der Waals surface area contributed by atoms with Crippen LogP contribution in [0, 0.1) is 16.0 Å². The fraction of sp³-hybridized carbons (Fsp3) is 0.360. The van der Waals surface area contributed by atoms with E-state index in [0.29, 0.717) is 17.0 Å². The molecular weight excluding hydrogens is 456 g/mol. The molecule has 9 heteroatoms. The second kappa shape index (κ2) is 11.3. The molecule has 34 heavy (non-hydrogen) atoms. The highest BCUT2D eigenvalue weighted by atomic mass is 32.2. The van der Waals surface area contributed by atoms with Gasteiger partial charge in [0, 0.05) is 30.1 Å². The Balaban J connectivity index is 1.77. The third kappa shape index (κ3) is 6.03. The summed E-state index contributed by atoms with van der Waals surface area (Å²) < 4.78 is 4.71. The van der Waals surface area contributed by atoms with Gasteiger partial charge < -0.3 is 14.7 Å². The number of likely N-dealkylation sites (tertiary alicyclic amines) is 1. The lowest BCUT2D eigenvalue weighted by Gasteiger charge is -2.34. The standard InChI is InChI=1S/C25H28N2O6S/c1-16(2)18-6-4-5-7-22(18)34-23-10-8-17(14-20(23)27(31)32)9-11-24(29)26-13-12-21(28)19(15-26)25(30)33-3/h4-11,14,16,19,21,28H,12-13,15H2,1-3H3. The first-order valence-corrected chi connectivity index (χ1v) is 11.8. The summed E-state index contributed by atoms with van der Waals surface area (Å²) in [6.07, 6.45) is 2.26. The third-order valence-electron chi connectivity index (χ3n) is 5.75.